The maximum atomic E-state index is 11.4. The quantitative estimate of drug-likeness (QED) is 0.536. The van der Waals surface area contributed by atoms with Gasteiger partial charge in [-0.15, -0.1) is 0 Å². The molecule has 1 unspecified atom stereocenters. The van der Waals surface area contributed by atoms with Gasteiger partial charge in [0, 0.05) is 6.42 Å². The van der Waals surface area contributed by atoms with E-state index >= 15 is 0 Å². The Morgan fingerprint density at radius 2 is 1.89 bits per heavy atom. The fourth-order valence-corrected chi connectivity index (χ4v) is 1.82. The third kappa shape index (κ3) is 5.36. The lowest BCUT2D eigenvalue weighted by Gasteiger charge is -2.10. The van der Waals surface area contributed by atoms with Crippen molar-refractivity contribution in [2.75, 3.05) is 0 Å². The van der Waals surface area contributed by atoms with E-state index in [-0.39, 0.29) is 17.7 Å². The van der Waals surface area contributed by atoms with E-state index < -0.39 is 19.7 Å². The SMILES string of the molecule is C=C(C)C(=O)C(O)Cc1ccc(OP(=O)(O)O)cc1. The van der Waals surface area contributed by atoms with Crippen molar-refractivity contribution in [1.29, 1.82) is 0 Å². The van der Waals surface area contributed by atoms with Gasteiger partial charge in [0.05, 0.1) is 0 Å². The second-order valence-electron chi connectivity index (χ2n) is 4.09. The van der Waals surface area contributed by atoms with E-state index in [9.17, 15) is 14.5 Å². The molecule has 7 heteroatoms. The van der Waals surface area contributed by atoms with Gasteiger partial charge in [-0.1, -0.05) is 18.7 Å². The molecule has 0 aromatic heterocycles. The van der Waals surface area contributed by atoms with Crippen LogP contribution in [0.15, 0.2) is 36.4 Å². The fourth-order valence-electron chi connectivity index (χ4n) is 1.42. The van der Waals surface area contributed by atoms with Crippen molar-refractivity contribution in [2.24, 2.45) is 0 Å². The number of ketones is 1. The predicted molar refractivity (Wildman–Crippen MR) is 68.6 cm³/mol. The van der Waals surface area contributed by atoms with Crippen LogP contribution in [-0.4, -0.2) is 26.8 Å². The largest absolute Gasteiger partial charge is 0.524 e. The second-order valence-corrected chi connectivity index (χ2v) is 5.25. The Labute approximate surface area is 110 Å². The van der Waals surface area contributed by atoms with Crippen molar-refractivity contribution in [3.05, 3.63) is 42.0 Å². The summed E-state index contributed by atoms with van der Waals surface area (Å²) in [5.41, 5.74) is 0.911. The van der Waals surface area contributed by atoms with Gasteiger partial charge in [0.1, 0.15) is 11.9 Å². The molecule has 6 nitrogen and oxygen atoms in total. The van der Waals surface area contributed by atoms with Crippen molar-refractivity contribution >= 4 is 13.6 Å². The Morgan fingerprint density at radius 1 is 1.37 bits per heavy atom. The van der Waals surface area contributed by atoms with E-state index in [1.54, 1.807) is 0 Å². The van der Waals surface area contributed by atoms with Crippen molar-refractivity contribution in [3.8, 4) is 5.75 Å². The highest BCUT2D eigenvalue weighted by Gasteiger charge is 2.17. The van der Waals surface area contributed by atoms with Gasteiger partial charge in [-0.2, -0.15) is 0 Å². The molecule has 0 spiro atoms. The van der Waals surface area contributed by atoms with E-state index in [1.807, 2.05) is 0 Å². The number of carbonyl (C=O) groups is 1. The molecule has 0 bridgehead atoms. The van der Waals surface area contributed by atoms with Crippen LogP contribution in [0.3, 0.4) is 0 Å². The molecule has 1 atom stereocenters. The van der Waals surface area contributed by atoms with Crippen molar-refractivity contribution in [1.82, 2.24) is 0 Å². The Morgan fingerprint density at radius 3 is 2.32 bits per heavy atom. The molecule has 0 saturated heterocycles. The fraction of sp³-hybridized carbons (Fsp3) is 0.250. The van der Waals surface area contributed by atoms with Crippen molar-refractivity contribution in [3.63, 3.8) is 0 Å². The van der Waals surface area contributed by atoms with Gasteiger partial charge in [0.2, 0.25) is 0 Å². The molecule has 0 aliphatic carbocycles. The van der Waals surface area contributed by atoms with Crippen LogP contribution in [0.25, 0.3) is 0 Å². The summed E-state index contributed by atoms with van der Waals surface area (Å²) in [6, 6.07) is 5.73. The zero-order valence-corrected chi connectivity index (χ0v) is 11.2. The van der Waals surface area contributed by atoms with Gasteiger partial charge in [-0.25, -0.2) is 4.57 Å². The minimum atomic E-state index is -4.57. The summed E-state index contributed by atoms with van der Waals surface area (Å²) >= 11 is 0. The molecule has 0 amide bonds. The van der Waals surface area contributed by atoms with Crippen LogP contribution in [-0.2, 0) is 15.8 Å². The lowest BCUT2D eigenvalue weighted by Crippen LogP contribution is -2.23. The first-order chi connectivity index (χ1) is 8.69. The lowest BCUT2D eigenvalue weighted by atomic mass is 10.0. The molecule has 19 heavy (non-hydrogen) atoms. The van der Waals surface area contributed by atoms with Crippen LogP contribution < -0.4 is 4.52 Å². The first-order valence-electron chi connectivity index (χ1n) is 5.41. The summed E-state index contributed by atoms with van der Waals surface area (Å²) in [6.07, 6.45) is -1.08. The number of benzene rings is 1. The van der Waals surface area contributed by atoms with Crippen LogP contribution in [0, 0.1) is 0 Å². The maximum Gasteiger partial charge on any atom is 0.524 e. The summed E-state index contributed by atoms with van der Waals surface area (Å²) in [7, 11) is -4.57. The molecule has 1 aromatic rings. The van der Waals surface area contributed by atoms with Crippen LogP contribution >= 0.6 is 7.82 Å². The number of hydrogen-bond donors (Lipinski definition) is 3. The molecule has 0 radical (unpaired) electrons. The van der Waals surface area contributed by atoms with Crippen LogP contribution in [0.1, 0.15) is 12.5 Å². The summed E-state index contributed by atoms with van der Waals surface area (Å²) in [5, 5.41) is 9.63. The monoisotopic (exact) mass is 286 g/mol. The first kappa shape index (κ1) is 15.6. The highest BCUT2D eigenvalue weighted by Crippen LogP contribution is 2.37. The number of hydrogen-bond acceptors (Lipinski definition) is 4. The molecule has 0 heterocycles. The number of aliphatic hydroxyl groups is 1. The summed E-state index contributed by atoms with van der Waals surface area (Å²) < 4.78 is 15.0. The van der Waals surface area contributed by atoms with Gasteiger partial charge >= 0.3 is 7.82 Å². The number of phosphoric ester groups is 1. The Bertz CT molecular complexity index is 516. The third-order valence-electron chi connectivity index (χ3n) is 2.30. The van der Waals surface area contributed by atoms with E-state index in [0.29, 0.717) is 5.56 Å². The van der Waals surface area contributed by atoms with Gasteiger partial charge in [-0.05, 0) is 30.2 Å². The summed E-state index contributed by atoms with van der Waals surface area (Å²) in [5.74, 6) is -0.423. The molecule has 0 saturated carbocycles. The number of aliphatic hydroxyl groups excluding tert-OH is 1. The van der Waals surface area contributed by atoms with Gasteiger partial charge in [0.15, 0.2) is 5.78 Å². The van der Waals surface area contributed by atoms with Crippen LogP contribution in [0.4, 0.5) is 0 Å². The zero-order chi connectivity index (χ0) is 14.6. The van der Waals surface area contributed by atoms with Crippen LogP contribution in [0.5, 0.6) is 5.75 Å². The Balaban J connectivity index is 2.70. The zero-order valence-electron chi connectivity index (χ0n) is 10.3. The first-order valence-corrected chi connectivity index (χ1v) is 6.94. The summed E-state index contributed by atoms with van der Waals surface area (Å²) in [6.45, 7) is 4.97. The normalized spacial score (nSPS) is 12.8. The van der Waals surface area contributed by atoms with Crippen LogP contribution in [0.2, 0.25) is 0 Å². The number of carbonyl (C=O) groups excluding carboxylic acids is 1. The molecule has 104 valence electrons. The standard InChI is InChI=1S/C12H15O6P/c1-8(2)12(14)11(13)7-9-3-5-10(6-4-9)18-19(15,16)17/h3-6,11,13H,1,7H2,2H3,(H2,15,16,17). The molecule has 1 rings (SSSR count). The minimum Gasteiger partial charge on any atom is -0.404 e. The molecular formula is C12H15O6P. The average Bonchev–Trinajstić information content (AvgIpc) is 2.28. The highest BCUT2D eigenvalue weighted by molar-refractivity contribution is 7.46. The number of rotatable bonds is 6. The molecule has 0 aliphatic rings. The lowest BCUT2D eigenvalue weighted by molar-refractivity contribution is -0.123. The third-order valence-corrected chi connectivity index (χ3v) is 2.75. The smallest absolute Gasteiger partial charge is 0.404 e. The molecule has 0 fully saturated rings. The van der Waals surface area contributed by atoms with E-state index in [4.69, 9.17) is 9.79 Å². The Kier molecular flexibility index (Phi) is 5.03. The highest BCUT2D eigenvalue weighted by atomic mass is 31.2. The van der Waals surface area contributed by atoms with Gasteiger partial charge in [-0.3, -0.25) is 14.6 Å². The predicted octanol–water partition coefficient (Wildman–Crippen LogP) is 1.21. The van der Waals surface area contributed by atoms with Crippen molar-refractivity contribution in [2.45, 2.75) is 19.4 Å². The Hall–Kier alpha value is -1.46. The van der Waals surface area contributed by atoms with E-state index in [2.05, 4.69) is 11.1 Å². The number of phosphoric acid groups is 1. The average molecular weight is 286 g/mol. The minimum absolute atomic E-state index is 0.0119. The number of Topliss-reactive ketones (excluding diaryl/α,β-unsaturated/α-hetero) is 1. The molecule has 1 aromatic carbocycles. The van der Waals surface area contributed by atoms with Gasteiger partial charge < -0.3 is 9.63 Å². The topological polar surface area (TPSA) is 104 Å². The molecular weight excluding hydrogens is 271 g/mol. The van der Waals surface area contributed by atoms with E-state index in [1.165, 1.54) is 31.2 Å². The summed E-state index contributed by atoms with van der Waals surface area (Å²) in [4.78, 5) is 28.7. The van der Waals surface area contributed by atoms with Crippen molar-refractivity contribution < 1.29 is 28.8 Å². The molecule has 3 N–H and O–H groups in total. The maximum absolute atomic E-state index is 11.4. The second kappa shape index (κ2) is 6.12. The van der Waals surface area contributed by atoms with E-state index in [0.717, 1.165) is 0 Å². The van der Waals surface area contributed by atoms with Gasteiger partial charge in [0.25, 0.3) is 0 Å². The molecule has 0 aliphatic heterocycles.